The molecule has 1 heterocycles. The Bertz CT molecular complexity index is 1260. The van der Waals surface area contributed by atoms with Gasteiger partial charge in [-0.15, -0.1) is 0 Å². The Morgan fingerprint density at radius 2 is 1.74 bits per heavy atom. The molecule has 0 aliphatic heterocycles. The van der Waals surface area contributed by atoms with Crippen molar-refractivity contribution in [1.29, 1.82) is 0 Å². The minimum atomic E-state index is -0.597. The summed E-state index contributed by atoms with van der Waals surface area (Å²) in [7, 11) is 0. The summed E-state index contributed by atoms with van der Waals surface area (Å²) in [6.45, 7) is -0.174. The fourth-order valence-corrected chi connectivity index (χ4v) is 3.12. The molecule has 4 rings (SSSR count). The van der Waals surface area contributed by atoms with Crippen molar-refractivity contribution in [3.8, 4) is 11.4 Å². The van der Waals surface area contributed by atoms with Crippen molar-refractivity contribution >= 4 is 28.5 Å². The first kappa shape index (κ1) is 20.2. The van der Waals surface area contributed by atoms with E-state index in [1.54, 1.807) is 18.2 Å². The van der Waals surface area contributed by atoms with E-state index >= 15 is 0 Å². The van der Waals surface area contributed by atoms with Crippen LogP contribution in [0.4, 0.5) is 14.5 Å². The largest absolute Gasteiger partial charge is 0.347 e. The van der Waals surface area contributed by atoms with Gasteiger partial charge in [0.15, 0.2) is 0 Å². The van der Waals surface area contributed by atoms with Gasteiger partial charge in [-0.3, -0.25) is 9.59 Å². The van der Waals surface area contributed by atoms with Gasteiger partial charge in [0.2, 0.25) is 11.8 Å². The highest BCUT2D eigenvalue weighted by Crippen LogP contribution is 2.25. The molecule has 3 N–H and O–H groups in total. The maximum atomic E-state index is 14.0. The lowest BCUT2D eigenvalue weighted by Crippen LogP contribution is -2.33. The van der Waals surface area contributed by atoms with Crippen LogP contribution in [-0.2, 0) is 16.0 Å². The van der Waals surface area contributed by atoms with E-state index in [1.807, 2.05) is 30.3 Å². The van der Waals surface area contributed by atoms with Gasteiger partial charge in [-0.1, -0.05) is 30.3 Å². The van der Waals surface area contributed by atoms with Gasteiger partial charge in [0.25, 0.3) is 0 Å². The van der Waals surface area contributed by atoms with Gasteiger partial charge in [-0.05, 0) is 42.0 Å². The summed E-state index contributed by atoms with van der Waals surface area (Å²) in [4.78, 5) is 31.3. The van der Waals surface area contributed by atoms with E-state index in [-0.39, 0.29) is 30.3 Å². The average molecular weight is 420 g/mol. The highest BCUT2D eigenvalue weighted by atomic mass is 19.1. The smallest absolute Gasteiger partial charge is 0.243 e. The number of carbonyl (C=O) groups excluding carboxylic acids is 2. The Morgan fingerprint density at radius 1 is 0.935 bits per heavy atom. The van der Waals surface area contributed by atoms with E-state index in [0.29, 0.717) is 16.7 Å². The number of carbonyl (C=O) groups is 2. The van der Waals surface area contributed by atoms with Crippen LogP contribution < -0.4 is 10.6 Å². The van der Waals surface area contributed by atoms with Crippen molar-refractivity contribution in [2.24, 2.45) is 0 Å². The third kappa shape index (κ3) is 4.92. The first-order valence-electron chi connectivity index (χ1n) is 9.53. The summed E-state index contributed by atoms with van der Waals surface area (Å²) in [5, 5.41) is 5.26. The number of imidazole rings is 1. The molecule has 0 fully saturated rings. The molecule has 0 atom stereocenters. The Morgan fingerprint density at radius 3 is 2.55 bits per heavy atom. The van der Waals surface area contributed by atoms with Gasteiger partial charge in [0.1, 0.15) is 17.5 Å². The van der Waals surface area contributed by atoms with Crippen LogP contribution in [0.15, 0.2) is 66.7 Å². The summed E-state index contributed by atoms with van der Waals surface area (Å²) in [6, 6.07) is 17.3. The quantitative estimate of drug-likeness (QED) is 0.443. The maximum Gasteiger partial charge on any atom is 0.243 e. The number of amides is 2. The number of nitrogens with one attached hydrogen (secondary N) is 3. The molecule has 4 aromatic rings. The number of rotatable bonds is 6. The van der Waals surface area contributed by atoms with Crippen molar-refractivity contribution < 1.29 is 18.4 Å². The first-order valence-corrected chi connectivity index (χ1v) is 9.53. The lowest BCUT2D eigenvalue weighted by Gasteiger charge is -2.07. The van der Waals surface area contributed by atoms with Gasteiger partial charge >= 0.3 is 0 Å². The molecule has 3 aromatic carbocycles. The summed E-state index contributed by atoms with van der Waals surface area (Å²) in [5.74, 6) is -1.63. The summed E-state index contributed by atoms with van der Waals surface area (Å²) < 4.78 is 27.5. The van der Waals surface area contributed by atoms with Crippen LogP contribution in [0.25, 0.3) is 22.4 Å². The van der Waals surface area contributed by atoms with Crippen LogP contribution in [0.2, 0.25) is 0 Å². The summed E-state index contributed by atoms with van der Waals surface area (Å²) in [5.41, 5.74) is 2.43. The molecule has 6 nitrogen and oxygen atoms in total. The lowest BCUT2D eigenvalue weighted by atomic mass is 10.1. The van der Waals surface area contributed by atoms with E-state index in [2.05, 4.69) is 20.6 Å². The SMILES string of the molecule is O=C(Cc1ccccc1)NCC(=O)Nc1ccc2nc(-c3cc(F)ccc3F)[nH]c2c1. The number of nitrogens with zero attached hydrogens (tertiary/aromatic N) is 1. The average Bonchev–Trinajstić information content (AvgIpc) is 3.18. The molecule has 31 heavy (non-hydrogen) atoms. The number of fused-ring (bicyclic) bond motifs is 1. The molecule has 2 amide bonds. The van der Waals surface area contributed by atoms with Gasteiger partial charge in [0, 0.05) is 5.69 Å². The molecular formula is C23H18F2N4O2. The molecule has 156 valence electrons. The molecule has 0 saturated carbocycles. The topological polar surface area (TPSA) is 86.9 Å². The monoisotopic (exact) mass is 420 g/mol. The van der Waals surface area contributed by atoms with Crippen molar-refractivity contribution in [3.05, 3.63) is 83.9 Å². The molecule has 0 radical (unpaired) electrons. The van der Waals surface area contributed by atoms with E-state index < -0.39 is 17.5 Å². The molecule has 0 saturated heterocycles. The second-order valence-corrected chi connectivity index (χ2v) is 6.93. The normalized spacial score (nSPS) is 10.8. The van der Waals surface area contributed by atoms with Crippen LogP contribution in [0, 0.1) is 11.6 Å². The fourth-order valence-electron chi connectivity index (χ4n) is 3.12. The van der Waals surface area contributed by atoms with Crippen molar-refractivity contribution in [3.63, 3.8) is 0 Å². The molecule has 0 bridgehead atoms. The zero-order valence-corrected chi connectivity index (χ0v) is 16.3. The Kier molecular flexibility index (Phi) is 5.70. The Hall–Kier alpha value is -4.07. The number of anilines is 1. The third-order valence-electron chi connectivity index (χ3n) is 4.60. The van der Waals surface area contributed by atoms with Gasteiger partial charge in [0.05, 0.1) is 29.6 Å². The molecule has 0 unspecified atom stereocenters. The van der Waals surface area contributed by atoms with Crippen LogP contribution in [-0.4, -0.2) is 28.3 Å². The predicted octanol–water partition coefficient (Wildman–Crippen LogP) is 3.81. The number of hydrogen-bond acceptors (Lipinski definition) is 3. The van der Waals surface area contributed by atoms with Crippen molar-refractivity contribution in [1.82, 2.24) is 15.3 Å². The van der Waals surface area contributed by atoms with Crippen LogP contribution >= 0.6 is 0 Å². The van der Waals surface area contributed by atoms with Crippen LogP contribution in [0.1, 0.15) is 5.56 Å². The molecule has 0 spiro atoms. The van der Waals surface area contributed by atoms with E-state index in [9.17, 15) is 18.4 Å². The summed E-state index contributed by atoms with van der Waals surface area (Å²) >= 11 is 0. The highest BCUT2D eigenvalue weighted by Gasteiger charge is 2.12. The molecule has 0 aliphatic carbocycles. The third-order valence-corrected chi connectivity index (χ3v) is 4.60. The first-order chi connectivity index (χ1) is 15.0. The Balaban J connectivity index is 1.40. The summed E-state index contributed by atoms with van der Waals surface area (Å²) in [6.07, 6.45) is 0.188. The van der Waals surface area contributed by atoms with Crippen LogP contribution in [0.3, 0.4) is 0 Å². The maximum absolute atomic E-state index is 14.0. The number of aromatic nitrogens is 2. The standard InChI is InChI=1S/C23H18F2N4O2/c24-15-6-8-18(25)17(11-15)23-28-19-9-7-16(12-20(19)29-23)27-22(31)13-26-21(30)10-14-4-2-1-3-5-14/h1-9,11-12H,10,13H2,(H,26,30)(H,27,31)(H,28,29). The number of hydrogen-bond donors (Lipinski definition) is 3. The minimum absolute atomic E-state index is 0.0166. The number of benzene rings is 3. The predicted molar refractivity (Wildman–Crippen MR) is 113 cm³/mol. The second-order valence-electron chi connectivity index (χ2n) is 6.93. The Labute approximate surface area is 176 Å². The number of aromatic amines is 1. The zero-order valence-electron chi connectivity index (χ0n) is 16.3. The van der Waals surface area contributed by atoms with Gasteiger partial charge in [-0.25, -0.2) is 13.8 Å². The van der Waals surface area contributed by atoms with E-state index in [0.717, 1.165) is 23.8 Å². The molecular weight excluding hydrogens is 402 g/mol. The zero-order chi connectivity index (χ0) is 21.8. The van der Waals surface area contributed by atoms with Gasteiger partial charge in [-0.2, -0.15) is 0 Å². The molecule has 1 aromatic heterocycles. The number of halogens is 2. The van der Waals surface area contributed by atoms with Gasteiger partial charge < -0.3 is 15.6 Å². The second kappa shape index (κ2) is 8.74. The molecule has 0 aliphatic rings. The van der Waals surface area contributed by atoms with Crippen LogP contribution in [0.5, 0.6) is 0 Å². The highest BCUT2D eigenvalue weighted by molar-refractivity contribution is 5.96. The molecule has 8 heteroatoms. The lowest BCUT2D eigenvalue weighted by molar-refractivity contribution is -0.123. The van der Waals surface area contributed by atoms with E-state index in [1.165, 1.54) is 0 Å². The minimum Gasteiger partial charge on any atom is -0.347 e. The van der Waals surface area contributed by atoms with Crippen molar-refractivity contribution in [2.45, 2.75) is 6.42 Å². The van der Waals surface area contributed by atoms with Crippen molar-refractivity contribution in [2.75, 3.05) is 11.9 Å². The van der Waals surface area contributed by atoms with E-state index in [4.69, 9.17) is 0 Å². The fraction of sp³-hybridized carbons (Fsp3) is 0.0870. The number of H-pyrrole nitrogens is 1.